The van der Waals surface area contributed by atoms with Crippen LogP contribution in [0.25, 0.3) is 11.4 Å². The van der Waals surface area contributed by atoms with Gasteiger partial charge in [0, 0.05) is 17.0 Å². The van der Waals surface area contributed by atoms with Gasteiger partial charge in [-0.2, -0.15) is 0 Å². The summed E-state index contributed by atoms with van der Waals surface area (Å²) in [6.07, 6.45) is 0.737. The molecule has 0 atom stereocenters. The van der Waals surface area contributed by atoms with E-state index in [1.54, 1.807) is 19.2 Å². The van der Waals surface area contributed by atoms with Gasteiger partial charge in [-0.3, -0.25) is 0 Å². The van der Waals surface area contributed by atoms with Gasteiger partial charge >= 0.3 is 0 Å². The molecule has 0 unspecified atom stereocenters. The minimum atomic E-state index is 0.432. The van der Waals surface area contributed by atoms with Crippen LogP contribution in [-0.4, -0.2) is 23.7 Å². The molecule has 0 saturated heterocycles. The van der Waals surface area contributed by atoms with Crippen molar-refractivity contribution in [3.8, 4) is 17.1 Å². The largest absolute Gasteiger partial charge is 0.496 e. The first-order valence-electron chi connectivity index (χ1n) is 6.16. The minimum Gasteiger partial charge on any atom is -0.496 e. The summed E-state index contributed by atoms with van der Waals surface area (Å²) in [6.45, 7) is 1.11. The second-order valence-electron chi connectivity index (χ2n) is 4.41. The molecular weight excluding hydrogens is 299 g/mol. The molecule has 6 heteroatoms. The van der Waals surface area contributed by atoms with Gasteiger partial charge < -0.3 is 9.47 Å². The van der Waals surface area contributed by atoms with Crippen LogP contribution in [0.4, 0.5) is 0 Å². The summed E-state index contributed by atoms with van der Waals surface area (Å²) in [6, 6.07) is 5.34. The van der Waals surface area contributed by atoms with E-state index in [1.165, 1.54) is 0 Å². The normalized spacial score (nSPS) is 13.9. The van der Waals surface area contributed by atoms with Crippen LogP contribution in [-0.2, 0) is 17.8 Å². The zero-order valence-corrected chi connectivity index (χ0v) is 12.3. The number of halogens is 2. The molecule has 104 valence electrons. The molecule has 3 rings (SSSR count). The van der Waals surface area contributed by atoms with Crippen molar-refractivity contribution in [1.82, 2.24) is 9.97 Å². The number of ether oxygens (including phenoxy) is 2. The lowest BCUT2D eigenvalue weighted by Gasteiger charge is -2.17. The molecule has 20 heavy (non-hydrogen) atoms. The van der Waals surface area contributed by atoms with Crippen molar-refractivity contribution in [2.45, 2.75) is 13.0 Å². The van der Waals surface area contributed by atoms with Gasteiger partial charge in [-0.1, -0.05) is 23.2 Å². The summed E-state index contributed by atoms with van der Waals surface area (Å²) in [5.41, 5.74) is 2.57. The molecule has 1 aliphatic heterocycles. The number of fused-ring (bicyclic) bond motifs is 1. The van der Waals surface area contributed by atoms with Gasteiger partial charge in [0.25, 0.3) is 0 Å². The van der Waals surface area contributed by atoms with E-state index in [1.807, 2.05) is 6.07 Å². The molecule has 0 aliphatic carbocycles. The molecule has 0 saturated carbocycles. The summed E-state index contributed by atoms with van der Waals surface area (Å²) in [7, 11) is 1.59. The second kappa shape index (κ2) is 5.56. The number of hydrogen-bond donors (Lipinski definition) is 0. The highest BCUT2D eigenvalue weighted by molar-refractivity contribution is 6.31. The second-order valence-corrected chi connectivity index (χ2v) is 5.20. The predicted molar refractivity (Wildman–Crippen MR) is 77.4 cm³/mol. The van der Waals surface area contributed by atoms with Gasteiger partial charge in [0.15, 0.2) is 5.82 Å². The fraction of sp³-hybridized carbons (Fsp3) is 0.286. The number of nitrogens with zero attached hydrogens (tertiary/aromatic N) is 2. The summed E-state index contributed by atoms with van der Waals surface area (Å²) >= 11 is 12.2. The smallest absolute Gasteiger partial charge is 0.164 e. The molecule has 0 radical (unpaired) electrons. The van der Waals surface area contributed by atoms with Crippen LogP contribution in [0.15, 0.2) is 18.2 Å². The minimum absolute atomic E-state index is 0.432. The van der Waals surface area contributed by atoms with Crippen molar-refractivity contribution >= 4 is 23.2 Å². The monoisotopic (exact) mass is 310 g/mol. The van der Waals surface area contributed by atoms with Crippen molar-refractivity contribution in [2.24, 2.45) is 0 Å². The van der Waals surface area contributed by atoms with Crippen LogP contribution in [0.5, 0.6) is 5.75 Å². The molecule has 1 aromatic carbocycles. The molecule has 0 amide bonds. The molecule has 2 heterocycles. The molecule has 4 nitrogen and oxygen atoms in total. The molecule has 0 spiro atoms. The first-order chi connectivity index (χ1) is 9.69. The number of rotatable bonds is 2. The summed E-state index contributed by atoms with van der Waals surface area (Å²) in [4.78, 5) is 8.93. The zero-order chi connectivity index (χ0) is 14.1. The molecule has 2 aromatic rings. The topological polar surface area (TPSA) is 44.2 Å². The van der Waals surface area contributed by atoms with Gasteiger partial charge in [-0.25, -0.2) is 9.97 Å². The van der Waals surface area contributed by atoms with E-state index in [4.69, 9.17) is 32.7 Å². The standard InChI is InChI=1S/C14H12Cl2N2O2/c1-19-12-6-8(15)2-3-9(12)14-17-11-4-5-20-7-10(11)13(16)18-14/h2-3,6H,4-5,7H2,1H3. The third-order valence-electron chi connectivity index (χ3n) is 3.18. The van der Waals surface area contributed by atoms with Crippen LogP contribution in [0.1, 0.15) is 11.3 Å². The van der Waals surface area contributed by atoms with E-state index in [0.717, 1.165) is 23.2 Å². The van der Waals surface area contributed by atoms with E-state index in [2.05, 4.69) is 9.97 Å². The lowest BCUT2D eigenvalue weighted by Crippen LogP contribution is -2.14. The van der Waals surface area contributed by atoms with Crippen LogP contribution in [0, 0.1) is 0 Å². The van der Waals surface area contributed by atoms with E-state index in [-0.39, 0.29) is 0 Å². The highest BCUT2D eigenvalue weighted by Gasteiger charge is 2.19. The Labute approximate surface area is 126 Å². The fourth-order valence-electron chi connectivity index (χ4n) is 2.16. The van der Waals surface area contributed by atoms with Gasteiger partial charge in [0.05, 0.1) is 31.6 Å². The molecule has 1 aliphatic rings. The van der Waals surface area contributed by atoms with Crippen molar-refractivity contribution in [3.63, 3.8) is 0 Å². The highest BCUT2D eigenvalue weighted by atomic mass is 35.5. The quantitative estimate of drug-likeness (QED) is 0.796. The SMILES string of the molecule is COc1cc(Cl)ccc1-c1nc(Cl)c2c(n1)CCOC2. The maximum atomic E-state index is 6.23. The number of aromatic nitrogens is 2. The third kappa shape index (κ3) is 2.46. The summed E-state index contributed by atoms with van der Waals surface area (Å²) in [5.74, 6) is 1.17. The lowest BCUT2D eigenvalue weighted by atomic mass is 10.1. The first-order valence-corrected chi connectivity index (χ1v) is 6.91. The van der Waals surface area contributed by atoms with Gasteiger partial charge in [0.1, 0.15) is 10.9 Å². The zero-order valence-electron chi connectivity index (χ0n) is 10.8. The predicted octanol–water partition coefficient (Wildman–Crippen LogP) is 3.53. The average Bonchev–Trinajstić information content (AvgIpc) is 2.47. The maximum absolute atomic E-state index is 6.23. The third-order valence-corrected chi connectivity index (χ3v) is 3.72. The average molecular weight is 311 g/mol. The Morgan fingerprint density at radius 1 is 1.25 bits per heavy atom. The van der Waals surface area contributed by atoms with Crippen LogP contribution in [0.3, 0.4) is 0 Å². The Morgan fingerprint density at radius 2 is 2.10 bits per heavy atom. The first kappa shape index (κ1) is 13.6. The van der Waals surface area contributed by atoms with Crippen LogP contribution < -0.4 is 4.74 Å². The van der Waals surface area contributed by atoms with Crippen molar-refractivity contribution in [3.05, 3.63) is 39.6 Å². The van der Waals surface area contributed by atoms with Gasteiger partial charge in [-0.05, 0) is 18.2 Å². The molecule has 0 N–H and O–H groups in total. The number of benzene rings is 1. The Bertz CT molecular complexity index is 662. The summed E-state index contributed by atoms with van der Waals surface area (Å²) in [5, 5.41) is 1.03. The Balaban J connectivity index is 2.13. The Morgan fingerprint density at radius 3 is 2.90 bits per heavy atom. The van der Waals surface area contributed by atoms with E-state index in [9.17, 15) is 0 Å². The highest BCUT2D eigenvalue weighted by Crippen LogP contribution is 2.32. The van der Waals surface area contributed by atoms with Gasteiger partial charge in [-0.15, -0.1) is 0 Å². The van der Waals surface area contributed by atoms with Gasteiger partial charge in [0.2, 0.25) is 0 Å². The molecule has 0 bridgehead atoms. The Hall–Kier alpha value is -1.36. The molecule has 0 fully saturated rings. The van der Waals surface area contributed by atoms with E-state index in [0.29, 0.717) is 35.0 Å². The molecule has 1 aromatic heterocycles. The lowest BCUT2D eigenvalue weighted by molar-refractivity contribution is 0.109. The van der Waals surface area contributed by atoms with E-state index >= 15 is 0 Å². The van der Waals surface area contributed by atoms with Crippen molar-refractivity contribution < 1.29 is 9.47 Å². The van der Waals surface area contributed by atoms with Crippen LogP contribution >= 0.6 is 23.2 Å². The fourth-order valence-corrected chi connectivity index (χ4v) is 2.57. The maximum Gasteiger partial charge on any atom is 0.164 e. The number of hydrogen-bond acceptors (Lipinski definition) is 4. The van der Waals surface area contributed by atoms with Crippen LogP contribution in [0.2, 0.25) is 10.2 Å². The number of methoxy groups -OCH3 is 1. The molecular formula is C14H12Cl2N2O2. The Kier molecular flexibility index (Phi) is 3.78. The van der Waals surface area contributed by atoms with E-state index < -0.39 is 0 Å². The van der Waals surface area contributed by atoms with Crippen molar-refractivity contribution in [2.75, 3.05) is 13.7 Å². The summed E-state index contributed by atoms with van der Waals surface area (Å²) < 4.78 is 10.7. The van der Waals surface area contributed by atoms with Crippen molar-refractivity contribution in [1.29, 1.82) is 0 Å².